The molecular weight excluding hydrogens is 396 g/mol. The normalized spacial score (nSPS) is 37.1. The van der Waals surface area contributed by atoms with Crippen LogP contribution in [-0.4, -0.2) is 67.7 Å². The van der Waals surface area contributed by atoms with E-state index in [9.17, 15) is 13.6 Å². The van der Waals surface area contributed by atoms with Crippen LogP contribution in [0.4, 0.5) is 4.79 Å². The van der Waals surface area contributed by atoms with Gasteiger partial charge in [-0.05, 0) is 44.9 Å². The minimum Gasteiger partial charge on any atom is -0.760 e. The molecule has 2 saturated carbocycles. The van der Waals surface area contributed by atoms with Gasteiger partial charge in [0.25, 0.3) is 0 Å². The molecule has 1 saturated heterocycles. The third kappa shape index (κ3) is 4.03. The summed E-state index contributed by atoms with van der Waals surface area (Å²) in [4.78, 5) is 22.5. The van der Waals surface area contributed by atoms with Crippen LogP contribution in [0.15, 0.2) is 18.6 Å². The number of methoxy groups -OCH3 is 1. The van der Waals surface area contributed by atoms with Crippen molar-refractivity contribution in [2.75, 3.05) is 13.7 Å². The Bertz CT molecular complexity index is 768. The molecule has 9 nitrogen and oxygen atoms in total. The number of ether oxygens (including phenoxy) is 2. The number of nitrogens with zero attached hydrogens (tertiary/aromatic N) is 3. The monoisotopic (exact) mass is 423 g/mol. The Morgan fingerprint density at radius 1 is 1.45 bits per heavy atom. The summed E-state index contributed by atoms with van der Waals surface area (Å²) >= 11 is -2.40. The number of hydrogen-bond donors (Lipinski definition) is 1. The molecular formula is C19H27N4O5S-. The molecule has 0 radical (unpaired) electrons. The molecule has 3 fully saturated rings. The van der Waals surface area contributed by atoms with Gasteiger partial charge < -0.3 is 14.0 Å². The summed E-state index contributed by atoms with van der Waals surface area (Å²) in [5.74, 6) is 0.542. The first-order chi connectivity index (χ1) is 13.9. The van der Waals surface area contributed by atoms with E-state index in [1.165, 1.54) is 7.11 Å². The van der Waals surface area contributed by atoms with Gasteiger partial charge in [-0.1, -0.05) is 0 Å². The zero-order valence-corrected chi connectivity index (χ0v) is 17.5. The predicted octanol–water partition coefficient (Wildman–Crippen LogP) is 1.28. The van der Waals surface area contributed by atoms with Crippen LogP contribution in [0.3, 0.4) is 0 Å². The molecule has 29 heavy (non-hydrogen) atoms. The van der Waals surface area contributed by atoms with E-state index in [0.29, 0.717) is 12.3 Å². The topological polar surface area (TPSA) is 117 Å². The highest BCUT2D eigenvalue weighted by atomic mass is 32.2. The van der Waals surface area contributed by atoms with Gasteiger partial charge in [0.05, 0.1) is 31.6 Å². The molecule has 1 amide bonds. The van der Waals surface area contributed by atoms with Crippen molar-refractivity contribution in [3.05, 3.63) is 24.3 Å². The summed E-state index contributed by atoms with van der Waals surface area (Å²) in [6.45, 7) is 2.17. The summed E-state index contributed by atoms with van der Waals surface area (Å²) < 4.78 is 36.0. The standard InChI is InChI=1S/C19H28N4O5S/c1-12-7-15(22-29(25)26)16(23(12)18(24)27-2)11-28-14-3-4-19(9-13(19)8-14)17-10-20-5-6-21-17/h5-6,10,12-16,22H,3-4,7-9,11H2,1-2H3,(H,25,26)/p-1/t12-,13?,14?,15+,16+,19?/m1/s1. The highest BCUT2D eigenvalue weighted by Gasteiger charge is 2.59. The second kappa shape index (κ2) is 8.25. The van der Waals surface area contributed by atoms with Gasteiger partial charge in [0.2, 0.25) is 0 Å². The van der Waals surface area contributed by atoms with Crippen molar-refractivity contribution < 1.29 is 23.0 Å². The number of amides is 1. The molecule has 2 heterocycles. The Morgan fingerprint density at radius 2 is 2.28 bits per heavy atom. The number of rotatable bonds is 6. The highest BCUT2D eigenvalue weighted by Crippen LogP contribution is 2.62. The van der Waals surface area contributed by atoms with E-state index in [4.69, 9.17) is 9.47 Å². The molecule has 160 valence electrons. The maximum atomic E-state index is 12.2. The molecule has 4 unspecified atom stereocenters. The van der Waals surface area contributed by atoms with Crippen molar-refractivity contribution in [3.8, 4) is 0 Å². The summed E-state index contributed by atoms with van der Waals surface area (Å²) in [6.07, 6.45) is 9.46. The van der Waals surface area contributed by atoms with E-state index >= 15 is 0 Å². The third-order valence-electron chi connectivity index (χ3n) is 6.79. The second-order valence-corrected chi connectivity index (χ2v) is 9.07. The van der Waals surface area contributed by atoms with Gasteiger partial charge in [-0.25, -0.2) is 9.52 Å². The fourth-order valence-corrected chi connectivity index (χ4v) is 5.76. The van der Waals surface area contributed by atoms with Gasteiger partial charge in [-0.15, -0.1) is 0 Å². The zero-order chi connectivity index (χ0) is 20.6. The van der Waals surface area contributed by atoms with E-state index in [0.717, 1.165) is 31.4 Å². The van der Waals surface area contributed by atoms with Crippen molar-refractivity contribution in [3.63, 3.8) is 0 Å². The van der Waals surface area contributed by atoms with Crippen molar-refractivity contribution in [2.45, 2.75) is 68.7 Å². The Hall–Kier alpha value is -1.62. The Morgan fingerprint density at radius 3 is 2.93 bits per heavy atom. The summed E-state index contributed by atoms with van der Waals surface area (Å²) in [6, 6.07) is -0.900. The second-order valence-electron chi connectivity index (χ2n) is 8.37. The highest BCUT2D eigenvalue weighted by molar-refractivity contribution is 7.77. The number of fused-ring (bicyclic) bond motifs is 1. The van der Waals surface area contributed by atoms with E-state index in [2.05, 4.69) is 14.7 Å². The summed E-state index contributed by atoms with van der Waals surface area (Å²) in [5.41, 5.74) is 1.23. The van der Waals surface area contributed by atoms with Crippen molar-refractivity contribution in [1.82, 2.24) is 19.6 Å². The Kier molecular flexibility index (Phi) is 5.87. The molecule has 3 aliphatic rings. The van der Waals surface area contributed by atoms with Crippen LogP contribution in [0, 0.1) is 5.92 Å². The number of carbonyl (C=O) groups is 1. The number of carbonyl (C=O) groups excluding carboxylic acids is 1. The van der Waals surface area contributed by atoms with Gasteiger partial charge in [0.15, 0.2) is 0 Å². The van der Waals surface area contributed by atoms with E-state index in [-0.39, 0.29) is 36.3 Å². The average Bonchev–Trinajstić information content (AvgIpc) is 3.37. The lowest BCUT2D eigenvalue weighted by molar-refractivity contribution is -0.0101. The van der Waals surface area contributed by atoms with Crippen LogP contribution in [0.2, 0.25) is 0 Å². The van der Waals surface area contributed by atoms with Crippen LogP contribution >= 0.6 is 0 Å². The average molecular weight is 424 g/mol. The lowest BCUT2D eigenvalue weighted by atomic mass is 9.84. The third-order valence-corrected chi connectivity index (χ3v) is 7.29. The van der Waals surface area contributed by atoms with Crippen LogP contribution < -0.4 is 4.72 Å². The Balaban J connectivity index is 1.37. The van der Waals surface area contributed by atoms with Gasteiger partial charge in [-0.3, -0.25) is 19.1 Å². The molecule has 4 rings (SSSR count). The minimum atomic E-state index is -2.40. The molecule has 2 aliphatic carbocycles. The van der Waals surface area contributed by atoms with Crippen LogP contribution in [0.5, 0.6) is 0 Å². The molecule has 1 N–H and O–H groups in total. The molecule has 0 spiro atoms. The van der Waals surface area contributed by atoms with Crippen LogP contribution in [0.25, 0.3) is 0 Å². The van der Waals surface area contributed by atoms with Gasteiger partial charge in [0, 0.05) is 47.4 Å². The number of hydrogen-bond acceptors (Lipinski definition) is 7. The van der Waals surface area contributed by atoms with Crippen LogP contribution in [-0.2, 0) is 26.2 Å². The van der Waals surface area contributed by atoms with Gasteiger partial charge in [0.1, 0.15) is 0 Å². The largest absolute Gasteiger partial charge is 0.760 e. The number of likely N-dealkylation sites (tertiary alicyclic amines) is 1. The zero-order valence-electron chi connectivity index (χ0n) is 16.7. The molecule has 0 bridgehead atoms. The van der Waals surface area contributed by atoms with E-state index < -0.39 is 17.4 Å². The summed E-state index contributed by atoms with van der Waals surface area (Å²) in [5, 5.41) is 0. The maximum Gasteiger partial charge on any atom is 0.410 e. The molecule has 1 aromatic rings. The van der Waals surface area contributed by atoms with Crippen molar-refractivity contribution in [2.24, 2.45) is 5.92 Å². The summed E-state index contributed by atoms with van der Waals surface area (Å²) in [7, 11) is 1.33. The maximum absolute atomic E-state index is 12.2. The first-order valence-corrected chi connectivity index (χ1v) is 11.1. The molecule has 0 aromatic carbocycles. The van der Waals surface area contributed by atoms with Crippen LogP contribution in [0.1, 0.15) is 44.7 Å². The lowest BCUT2D eigenvalue weighted by Gasteiger charge is -2.33. The number of nitrogens with one attached hydrogen (secondary N) is 1. The quantitative estimate of drug-likeness (QED) is 0.685. The molecule has 1 aromatic heterocycles. The van der Waals surface area contributed by atoms with Gasteiger partial charge >= 0.3 is 6.09 Å². The first kappa shape index (κ1) is 20.6. The fraction of sp³-hybridized carbons (Fsp3) is 0.737. The van der Waals surface area contributed by atoms with Crippen molar-refractivity contribution in [1.29, 1.82) is 0 Å². The van der Waals surface area contributed by atoms with Crippen molar-refractivity contribution >= 4 is 17.4 Å². The number of aromatic nitrogens is 2. The molecule has 7 atom stereocenters. The van der Waals surface area contributed by atoms with E-state index in [1.54, 1.807) is 17.3 Å². The van der Waals surface area contributed by atoms with Gasteiger partial charge in [-0.2, -0.15) is 0 Å². The lowest BCUT2D eigenvalue weighted by Crippen LogP contribution is -2.49. The van der Waals surface area contributed by atoms with E-state index in [1.807, 2.05) is 13.1 Å². The fourth-order valence-electron chi connectivity index (χ4n) is 5.26. The molecule has 10 heteroatoms. The SMILES string of the molecule is COC(=O)N1[C@H](C)C[C@H](NS(=O)[O-])[C@@H]1COC1CCC2(c3cnccn3)CC2C1. The first-order valence-electron chi connectivity index (χ1n) is 10.0. The smallest absolute Gasteiger partial charge is 0.410 e. The Labute approximate surface area is 173 Å². The minimum absolute atomic E-state index is 0.0982. The molecule has 1 aliphatic heterocycles. The predicted molar refractivity (Wildman–Crippen MR) is 103 cm³/mol.